The van der Waals surface area contributed by atoms with Crippen LogP contribution >= 0.6 is 0 Å². The van der Waals surface area contributed by atoms with E-state index in [1.807, 2.05) is 0 Å². The Hall–Kier alpha value is -1.72. The number of nitrogens with zero attached hydrogens (tertiary/aromatic N) is 1. The molecule has 1 aromatic rings. The highest BCUT2D eigenvalue weighted by molar-refractivity contribution is 5.50. The monoisotopic (exact) mass is 299 g/mol. The number of benzene rings is 1. The van der Waals surface area contributed by atoms with Gasteiger partial charge in [-0.05, 0) is 31.9 Å². The van der Waals surface area contributed by atoms with Crippen LogP contribution < -0.4 is 4.74 Å². The Morgan fingerprint density at radius 3 is 2.57 bits per heavy atom. The summed E-state index contributed by atoms with van der Waals surface area (Å²) in [6, 6.07) is 4.02. The third-order valence-electron chi connectivity index (χ3n) is 4.43. The molecule has 1 aromatic carbocycles. The highest BCUT2D eigenvalue weighted by atomic mass is 19.4. The quantitative estimate of drug-likeness (QED) is 0.803. The SMILES string of the molecule is Cc1c(OC2CC3(C2)CN(C=O)C3)cccc1C(F)(F)F. The average molecular weight is 299 g/mol. The molecule has 2 aliphatic rings. The Kier molecular flexibility index (Phi) is 3.15. The maximum absolute atomic E-state index is 12.8. The number of carbonyl (C=O) groups is 1. The summed E-state index contributed by atoms with van der Waals surface area (Å²) >= 11 is 0. The van der Waals surface area contributed by atoms with E-state index in [0.717, 1.165) is 38.4 Å². The molecule has 1 amide bonds. The van der Waals surface area contributed by atoms with Gasteiger partial charge in [0.25, 0.3) is 0 Å². The van der Waals surface area contributed by atoms with E-state index < -0.39 is 11.7 Å². The van der Waals surface area contributed by atoms with Crippen molar-refractivity contribution < 1.29 is 22.7 Å². The maximum Gasteiger partial charge on any atom is 0.416 e. The molecule has 0 radical (unpaired) electrons. The minimum Gasteiger partial charge on any atom is -0.490 e. The molecule has 1 spiro atoms. The van der Waals surface area contributed by atoms with Gasteiger partial charge in [0.05, 0.1) is 5.56 Å². The first-order chi connectivity index (χ1) is 9.83. The maximum atomic E-state index is 12.8. The summed E-state index contributed by atoms with van der Waals surface area (Å²) in [6.45, 7) is 2.90. The van der Waals surface area contributed by atoms with Crippen LogP contribution in [0.5, 0.6) is 5.75 Å². The highest BCUT2D eigenvalue weighted by Crippen LogP contribution is 2.49. The summed E-state index contributed by atoms with van der Waals surface area (Å²) in [5.74, 6) is 0.302. The number of carbonyl (C=O) groups excluding carboxylic acids is 1. The van der Waals surface area contributed by atoms with Crippen LogP contribution in [0.15, 0.2) is 18.2 Å². The number of amides is 1. The molecule has 3 nitrogen and oxygen atoms in total. The normalized spacial score (nSPS) is 20.9. The zero-order valence-electron chi connectivity index (χ0n) is 11.6. The van der Waals surface area contributed by atoms with Gasteiger partial charge in [-0.25, -0.2) is 0 Å². The molecule has 1 aliphatic carbocycles. The topological polar surface area (TPSA) is 29.5 Å². The summed E-state index contributed by atoms with van der Waals surface area (Å²) < 4.78 is 44.2. The van der Waals surface area contributed by atoms with Crippen molar-refractivity contribution in [2.75, 3.05) is 13.1 Å². The first kappa shape index (κ1) is 14.2. The van der Waals surface area contributed by atoms with Crippen molar-refractivity contribution in [2.24, 2.45) is 5.41 Å². The van der Waals surface area contributed by atoms with Crippen LogP contribution in [0.3, 0.4) is 0 Å². The van der Waals surface area contributed by atoms with Crippen LogP contribution in [-0.4, -0.2) is 30.5 Å². The molecule has 1 heterocycles. The van der Waals surface area contributed by atoms with Gasteiger partial charge in [-0.1, -0.05) is 6.07 Å². The van der Waals surface area contributed by atoms with Crippen molar-refractivity contribution in [3.8, 4) is 5.75 Å². The standard InChI is InChI=1S/C15H16F3NO2/c1-10-12(15(16,17)18)3-2-4-13(10)21-11-5-14(6-11)7-19(8-14)9-20/h2-4,9,11H,5-8H2,1H3. The van der Waals surface area contributed by atoms with E-state index >= 15 is 0 Å². The van der Waals surface area contributed by atoms with Gasteiger partial charge in [0.1, 0.15) is 11.9 Å². The van der Waals surface area contributed by atoms with Gasteiger partial charge in [0.15, 0.2) is 0 Å². The van der Waals surface area contributed by atoms with E-state index in [9.17, 15) is 18.0 Å². The zero-order chi connectivity index (χ0) is 15.3. The molecule has 21 heavy (non-hydrogen) atoms. The molecular formula is C15H16F3NO2. The smallest absolute Gasteiger partial charge is 0.416 e. The molecule has 0 bridgehead atoms. The second kappa shape index (κ2) is 4.64. The highest BCUT2D eigenvalue weighted by Gasteiger charge is 2.53. The third kappa shape index (κ3) is 2.47. The van der Waals surface area contributed by atoms with Gasteiger partial charge in [-0.2, -0.15) is 13.2 Å². The van der Waals surface area contributed by atoms with E-state index in [4.69, 9.17) is 4.74 Å². The number of halogens is 3. The van der Waals surface area contributed by atoms with Crippen molar-refractivity contribution >= 4 is 6.41 Å². The number of likely N-dealkylation sites (tertiary alicyclic amines) is 1. The molecule has 1 saturated carbocycles. The van der Waals surface area contributed by atoms with Gasteiger partial charge < -0.3 is 9.64 Å². The number of hydrogen-bond acceptors (Lipinski definition) is 2. The summed E-state index contributed by atoms with van der Waals surface area (Å²) in [4.78, 5) is 12.3. The van der Waals surface area contributed by atoms with Crippen LogP contribution in [0.1, 0.15) is 24.0 Å². The minimum atomic E-state index is -4.36. The van der Waals surface area contributed by atoms with Crippen molar-refractivity contribution in [1.82, 2.24) is 4.90 Å². The van der Waals surface area contributed by atoms with Crippen molar-refractivity contribution in [3.63, 3.8) is 0 Å². The number of hydrogen-bond donors (Lipinski definition) is 0. The fraction of sp³-hybridized carbons (Fsp3) is 0.533. The lowest BCUT2D eigenvalue weighted by Gasteiger charge is -2.57. The Labute approximate surface area is 120 Å². The van der Waals surface area contributed by atoms with Crippen molar-refractivity contribution in [3.05, 3.63) is 29.3 Å². The fourth-order valence-corrected chi connectivity index (χ4v) is 3.37. The van der Waals surface area contributed by atoms with Crippen molar-refractivity contribution in [2.45, 2.75) is 32.0 Å². The van der Waals surface area contributed by atoms with E-state index in [2.05, 4.69) is 0 Å². The second-order valence-corrected chi connectivity index (χ2v) is 6.08. The number of alkyl halides is 3. The largest absolute Gasteiger partial charge is 0.490 e. The second-order valence-electron chi connectivity index (χ2n) is 6.08. The van der Waals surface area contributed by atoms with Gasteiger partial charge in [0.2, 0.25) is 6.41 Å². The lowest BCUT2D eigenvalue weighted by molar-refractivity contribution is -0.147. The molecule has 0 aromatic heterocycles. The molecular weight excluding hydrogens is 283 g/mol. The summed E-state index contributed by atoms with van der Waals surface area (Å²) in [6.07, 6.45) is -1.99. The predicted octanol–water partition coefficient (Wildman–Crippen LogP) is 3.01. The molecule has 0 atom stereocenters. The zero-order valence-corrected chi connectivity index (χ0v) is 11.6. The molecule has 0 N–H and O–H groups in total. The van der Waals surface area contributed by atoms with Crippen LogP contribution in [0.2, 0.25) is 0 Å². The average Bonchev–Trinajstić information content (AvgIpc) is 2.31. The van der Waals surface area contributed by atoms with Crippen LogP contribution in [0.25, 0.3) is 0 Å². The van der Waals surface area contributed by atoms with E-state index in [0.29, 0.717) is 5.75 Å². The Balaban J connectivity index is 1.64. The first-order valence-electron chi connectivity index (χ1n) is 6.86. The van der Waals surface area contributed by atoms with Crippen LogP contribution in [0, 0.1) is 12.3 Å². The number of rotatable bonds is 3. The molecule has 1 aliphatic heterocycles. The van der Waals surface area contributed by atoms with Gasteiger partial charge in [-0.3, -0.25) is 4.79 Å². The fourth-order valence-electron chi connectivity index (χ4n) is 3.37. The third-order valence-corrected chi connectivity index (χ3v) is 4.43. The van der Waals surface area contributed by atoms with Crippen LogP contribution in [0.4, 0.5) is 13.2 Å². The number of ether oxygens (including phenoxy) is 1. The van der Waals surface area contributed by atoms with E-state index in [-0.39, 0.29) is 17.1 Å². The predicted molar refractivity (Wildman–Crippen MR) is 69.9 cm³/mol. The Bertz CT molecular complexity index is 557. The lowest BCUT2D eigenvalue weighted by Crippen LogP contribution is -2.64. The summed E-state index contributed by atoms with van der Waals surface area (Å²) in [5.41, 5.74) is -0.375. The van der Waals surface area contributed by atoms with Crippen LogP contribution in [-0.2, 0) is 11.0 Å². The Morgan fingerprint density at radius 2 is 2.00 bits per heavy atom. The molecule has 0 unspecified atom stereocenters. The summed E-state index contributed by atoms with van der Waals surface area (Å²) in [5, 5.41) is 0. The minimum absolute atomic E-state index is 0.0546. The molecule has 3 rings (SSSR count). The Morgan fingerprint density at radius 1 is 1.33 bits per heavy atom. The lowest BCUT2D eigenvalue weighted by atomic mass is 9.62. The molecule has 1 saturated heterocycles. The van der Waals surface area contributed by atoms with Gasteiger partial charge in [-0.15, -0.1) is 0 Å². The molecule has 2 fully saturated rings. The van der Waals surface area contributed by atoms with Gasteiger partial charge in [0, 0.05) is 24.1 Å². The molecule has 6 heteroatoms. The van der Waals surface area contributed by atoms with Gasteiger partial charge >= 0.3 is 6.18 Å². The first-order valence-corrected chi connectivity index (χ1v) is 6.86. The van der Waals surface area contributed by atoms with E-state index in [1.165, 1.54) is 13.0 Å². The van der Waals surface area contributed by atoms with Crippen molar-refractivity contribution in [1.29, 1.82) is 0 Å². The molecule has 114 valence electrons. The van der Waals surface area contributed by atoms with E-state index in [1.54, 1.807) is 11.0 Å². The summed E-state index contributed by atoms with van der Waals surface area (Å²) in [7, 11) is 0.